The second-order valence-electron chi connectivity index (χ2n) is 6.41. The number of hydrogen-bond donors (Lipinski definition) is 2. The number of carbonyl (C=O) groups is 1. The molecule has 1 fully saturated rings. The molecule has 0 spiro atoms. The van der Waals surface area contributed by atoms with Gasteiger partial charge >= 0.3 is 0 Å². The third-order valence-corrected chi connectivity index (χ3v) is 5.39. The Kier molecular flexibility index (Phi) is 4.88. The number of thiol groups is 1. The van der Waals surface area contributed by atoms with E-state index < -0.39 is 5.82 Å². The normalized spacial score (nSPS) is 22.5. The van der Waals surface area contributed by atoms with E-state index in [-0.39, 0.29) is 27.9 Å². The highest BCUT2D eigenvalue weighted by atomic mass is 35.5. The van der Waals surface area contributed by atoms with Crippen LogP contribution in [0.3, 0.4) is 0 Å². The minimum atomic E-state index is -0.486. The molecule has 2 heterocycles. The monoisotopic (exact) mass is 385 g/mol. The van der Waals surface area contributed by atoms with Crippen LogP contribution in [0.1, 0.15) is 29.9 Å². The van der Waals surface area contributed by atoms with E-state index in [0.29, 0.717) is 17.0 Å². The Morgan fingerprint density at radius 3 is 2.79 bits per heavy atom. The van der Waals surface area contributed by atoms with Gasteiger partial charge in [-0.25, -0.2) is 4.39 Å². The molecule has 1 saturated heterocycles. The second-order valence-corrected chi connectivity index (χ2v) is 8.29. The van der Waals surface area contributed by atoms with Crippen LogP contribution in [0.25, 0.3) is 0 Å². The van der Waals surface area contributed by atoms with E-state index in [1.54, 1.807) is 16.5 Å². The van der Waals surface area contributed by atoms with E-state index in [1.165, 1.54) is 29.7 Å². The molecule has 128 valence electrons. The molecule has 1 N–H and O–H groups in total. The fourth-order valence-electron chi connectivity index (χ4n) is 3.00. The third-order valence-electron chi connectivity index (χ3n) is 3.94. The van der Waals surface area contributed by atoms with Crippen molar-refractivity contribution in [1.82, 2.24) is 10.3 Å². The van der Waals surface area contributed by atoms with E-state index in [4.69, 9.17) is 11.6 Å². The number of anilines is 1. The van der Waals surface area contributed by atoms with Gasteiger partial charge in [0.25, 0.3) is 5.91 Å². The first-order valence-corrected chi connectivity index (χ1v) is 9.18. The van der Waals surface area contributed by atoms with E-state index in [9.17, 15) is 9.18 Å². The minimum absolute atomic E-state index is 0.180. The number of carbonyl (C=O) groups excluding carboxylic acids is 1. The Hall–Kier alpha value is -1.15. The number of benzene rings is 1. The quantitative estimate of drug-likeness (QED) is 0.785. The van der Waals surface area contributed by atoms with Gasteiger partial charge in [-0.15, -0.1) is 11.3 Å². The molecule has 1 aromatic carbocycles. The second kappa shape index (κ2) is 6.63. The minimum Gasteiger partial charge on any atom is -0.302 e. The number of amides is 1. The van der Waals surface area contributed by atoms with Crippen molar-refractivity contribution in [2.45, 2.75) is 37.2 Å². The molecule has 24 heavy (non-hydrogen) atoms. The molecule has 0 unspecified atom stereocenters. The lowest BCUT2D eigenvalue weighted by atomic mass is 10.00. The van der Waals surface area contributed by atoms with Crippen molar-refractivity contribution in [1.29, 1.82) is 0 Å². The SMILES string of the molecule is CC1(C)C[C@@H](N(C(=O)c2cncs2)c2cc(F)cc(Cl)c2)[C@@H](S)N1. The summed E-state index contributed by atoms with van der Waals surface area (Å²) < 4.78 is 13.9. The molecule has 1 aliphatic heterocycles. The first kappa shape index (κ1) is 17.7. The molecule has 0 aliphatic carbocycles. The predicted molar refractivity (Wildman–Crippen MR) is 98.7 cm³/mol. The number of nitrogens with one attached hydrogen (secondary N) is 1. The average Bonchev–Trinajstić information content (AvgIpc) is 3.06. The van der Waals surface area contributed by atoms with Gasteiger partial charge in [0.15, 0.2) is 0 Å². The van der Waals surface area contributed by atoms with Crippen molar-refractivity contribution in [3.05, 3.63) is 45.6 Å². The Bertz CT molecular complexity index is 734. The Balaban J connectivity index is 2.06. The summed E-state index contributed by atoms with van der Waals surface area (Å²) in [6, 6.07) is 3.89. The highest BCUT2D eigenvalue weighted by Gasteiger charge is 2.42. The van der Waals surface area contributed by atoms with Crippen molar-refractivity contribution in [2.24, 2.45) is 0 Å². The molecule has 1 aliphatic rings. The van der Waals surface area contributed by atoms with E-state index >= 15 is 0 Å². The van der Waals surface area contributed by atoms with E-state index in [0.717, 1.165) is 0 Å². The summed E-state index contributed by atoms with van der Waals surface area (Å²) in [5, 5.41) is 3.36. The number of nitrogens with zero attached hydrogens (tertiary/aromatic N) is 2. The molecular weight excluding hydrogens is 369 g/mol. The topological polar surface area (TPSA) is 45.2 Å². The number of rotatable bonds is 3. The van der Waals surface area contributed by atoms with Crippen LogP contribution in [0.15, 0.2) is 29.9 Å². The molecule has 0 saturated carbocycles. The summed E-state index contributed by atoms with van der Waals surface area (Å²) in [7, 11) is 0. The summed E-state index contributed by atoms with van der Waals surface area (Å²) in [4.78, 5) is 19.1. The summed E-state index contributed by atoms with van der Waals surface area (Å²) in [6.07, 6.45) is 2.20. The third kappa shape index (κ3) is 3.59. The number of aromatic nitrogens is 1. The number of hydrogen-bond acceptors (Lipinski definition) is 5. The maximum Gasteiger partial charge on any atom is 0.270 e. The molecule has 8 heteroatoms. The van der Waals surface area contributed by atoms with Crippen molar-refractivity contribution in [3.8, 4) is 0 Å². The van der Waals surface area contributed by atoms with Crippen LogP contribution in [-0.2, 0) is 0 Å². The highest BCUT2D eigenvalue weighted by Crippen LogP contribution is 2.34. The lowest BCUT2D eigenvalue weighted by molar-refractivity contribution is 0.0980. The van der Waals surface area contributed by atoms with Gasteiger partial charge in [0.1, 0.15) is 10.7 Å². The highest BCUT2D eigenvalue weighted by molar-refractivity contribution is 7.81. The van der Waals surface area contributed by atoms with Gasteiger partial charge in [-0.2, -0.15) is 12.6 Å². The molecule has 1 aromatic heterocycles. The van der Waals surface area contributed by atoms with Gasteiger partial charge in [0.05, 0.1) is 23.1 Å². The average molecular weight is 386 g/mol. The van der Waals surface area contributed by atoms with Gasteiger partial charge < -0.3 is 4.90 Å². The molecule has 1 amide bonds. The zero-order valence-electron chi connectivity index (χ0n) is 13.2. The summed E-state index contributed by atoms with van der Waals surface area (Å²) in [6.45, 7) is 4.09. The molecule has 4 nitrogen and oxygen atoms in total. The van der Waals surface area contributed by atoms with Gasteiger partial charge in [0, 0.05) is 16.2 Å². The fourth-order valence-corrected chi connectivity index (χ4v) is 4.36. The number of thiazole rings is 1. The van der Waals surface area contributed by atoms with E-state index in [1.807, 2.05) is 13.8 Å². The van der Waals surface area contributed by atoms with Crippen molar-refractivity contribution >= 4 is 47.2 Å². The Morgan fingerprint density at radius 1 is 1.50 bits per heavy atom. The van der Waals surface area contributed by atoms with Crippen LogP contribution in [0.5, 0.6) is 0 Å². The maximum atomic E-state index is 13.9. The first-order chi connectivity index (χ1) is 11.3. The standard InChI is InChI=1S/C16H17ClFN3OS2/c1-16(2)6-12(14(23)20-16)21(15(22)13-7-19-8-24-13)11-4-9(17)3-10(18)5-11/h3-5,7-8,12,14,20,23H,6H2,1-2H3/t12-,14-/m1/s1. The smallest absolute Gasteiger partial charge is 0.270 e. The number of halogens is 2. The summed E-state index contributed by atoms with van der Waals surface area (Å²) in [5.74, 6) is -0.719. The van der Waals surface area contributed by atoms with Gasteiger partial charge in [-0.05, 0) is 38.5 Å². The molecule has 2 atom stereocenters. The molecule has 0 radical (unpaired) electrons. The van der Waals surface area contributed by atoms with Gasteiger partial charge in [-0.3, -0.25) is 15.1 Å². The lowest BCUT2D eigenvalue weighted by Crippen LogP contribution is -2.45. The largest absolute Gasteiger partial charge is 0.302 e. The van der Waals surface area contributed by atoms with E-state index in [2.05, 4.69) is 22.9 Å². The maximum absolute atomic E-state index is 13.9. The van der Waals surface area contributed by atoms with Crippen LogP contribution in [0.4, 0.5) is 10.1 Å². The van der Waals surface area contributed by atoms with Crippen LogP contribution in [0, 0.1) is 5.82 Å². The van der Waals surface area contributed by atoms with Crippen molar-refractivity contribution < 1.29 is 9.18 Å². The molecule has 3 rings (SSSR count). The summed E-state index contributed by atoms with van der Waals surface area (Å²) in [5.41, 5.74) is 1.83. The van der Waals surface area contributed by atoms with Crippen molar-refractivity contribution in [2.75, 3.05) is 4.90 Å². The Morgan fingerprint density at radius 2 is 2.25 bits per heavy atom. The molecule has 0 bridgehead atoms. The van der Waals surface area contributed by atoms with Crippen LogP contribution in [-0.4, -0.2) is 27.8 Å². The molecular formula is C16H17ClFN3OS2. The lowest BCUT2D eigenvalue weighted by Gasteiger charge is -2.31. The van der Waals surface area contributed by atoms with Gasteiger partial charge in [-0.1, -0.05) is 11.6 Å². The summed E-state index contributed by atoms with van der Waals surface area (Å²) >= 11 is 11.8. The van der Waals surface area contributed by atoms with Gasteiger partial charge in [0.2, 0.25) is 0 Å². The zero-order chi connectivity index (χ0) is 17.5. The van der Waals surface area contributed by atoms with Crippen LogP contribution >= 0.6 is 35.6 Å². The Labute approximate surface area is 154 Å². The fraction of sp³-hybridized carbons (Fsp3) is 0.375. The molecule has 2 aromatic rings. The zero-order valence-corrected chi connectivity index (χ0v) is 15.6. The first-order valence-electron chi connectivity index (χ1n) is 7.41. The predicted octanol–water partition coefficient (Wildman–Crippen LogP) is 3.98. The van der Waals surface area contributed by atoms with Crippen LogP contribution < -0.4 is 10.2 Å². The van der Waals surface area contributed by atoms with Crippen molar-refractivity contribution in [3.63, 3.8) is 0 Å². The van der Waals surface area contributed by atoms with Crippen LogP contribution in [0.2, 0.25) is 5.02 Å².